The molecule has 88 valence electrons. The third kappa shape index (κ3) is 2.60. The minimum Gasteiger partial charge on any atom is -0.327 e. The Morgan fingerprint density at radius 1 is 1.50 bits per heavy atom. The Labute approximate surface area is 96.2 Å². The molecule has 1 unspecified atom stereocenters. The van der Waals surface area contributed by atoms with Crippen LogP contribution in [0.1, 0.15) is 24.0 Å². The average Bonchev–Trinajstić information content (AvgIpc) is 2.25. The Bertz CT molecular complexity index is 365. The zero-order valence-electron chi connectivity index (χ0n) is 9.75. The Hall–Kier alpha value is -0.930. The summed E-state index contributed by atoms with van der Waals surface area (Å²) in [6, 6.07) is 5.57. The minimum atomic E-state index is -0.112. The standard InChI is InChI=1S/C13H19FN2/c1-10-11(4-2-6-13(10)14)8-16-7-3-5-12(15)9-16/h2,4,6,12H,3,5,7-9,15H2,1H3. The van der Waals surface area contributed by atoms with E-state index in [-0.39, 0.29) is 11.9 Å². The van der Waals surface area contributed by atoms with Crippen molar-refractivity contribution in [2.75, 3.05) is 13.1 Å². The van der Waals surface area contributed by atoms with Crippen LogP contribution in [0.5, 0.6) is 0 Å². The van der Waals surface area contributed by atoms with Crippen LogP contribution >= 0.6 is 0 Å². The van der Waals surface area contributed by atoms with Crippen molar-refractivity contribution < 1.29 is 4.39 Å². The highest BCUT2D eigenvalue weighted by molar-refractivity contribution is 5.27. The number of rotatable bonds is 2. The molecule has 1 aliphatic rings. The van der Waals surface area contributed by atoms with E-state index in [0.29, 0.717) is 0 Å². The molecule has 0 bridgehead atoms. The van der Waals surface area contributed by atoms with Gasteiger partial charge in [0, 0.05) is 19.1 Å². The first kappa shape index (κ1) is 11.6. The molecule has 2 rings (SSSR count). The van der Waals surface area contributed by atoms with Crippen LogP contribution < -0.4 is 5.73 Å². The van der Waals surface area contributed by atoms with Crippen LogP contribution in [0.25, 0.3) is 0 Å². The summed E-state index contributed by atoms with van der Waals surface area (Å²) in [7, 11) is 0. The van der Waals surface area contributed by atoms with Gasteiger partial charge in [0.05, 0.1) is 0 Å². The zero-order valence-corrected chi connectivity index (χ0v) is 9.75. The number of nitrogens with zero attached hydrogens (tertiary/aromatic N) is 1. The molecule has 16 heavy (non-hydrogen) atoms. The minimum absolute atomic E-state index is 0.112. The van der Waals surface area contributed by atoms with E-state index in [2.05, 4.69) is 4.90 Å². The second-order valence-corrected chi connectivity index (χ2v) is 4.66. The van der Waals surface area contributed by atoms with Crippen LogP contribution in [0.3, 0.4) is 0 Å². The lowest BCUT2D eigenvalue weighted by molar-refractivity contribution is 0.201. The topological polar surface area (TPSA) is 29.3 Å². The van der Waals surface area contributed by atoms with Gasteiger partial charge in [0.15, 0.2) is 0 Å². The van der Waals surface area contributed by atoms with E-state index >= 15 is 0 Å². The van der Waals surface area contributed by atoms with E-state index in [1.54, 1.807) is 6.07 Å². The quantitative estimate of drug-likeness (QED) is 0.830. The molecular weight excluding hydrogens is 203 g/mol. The van der Waals surface area contributed by atoms with Crippen LogP contribution in [0.2, 0.25) is 0 Å². The lowest BCUT2D eigenvalue weighted by atomic mass is 10.0. The first-order valence-corrected chi connectivity index (χ1v) is 5.89. The highest BCUT2D eigenvalue weighted by atomic mass is 19.1. The van der Waals surface area contributed by atoms with Gasteiger partial charge >= 0.3 is 0 Å². The van der Waals surface area contributed by atoms with Gasteiger partial charge in [-0.25, -0.2) is 4.39 Å². The molecule has 1 fully saturated rings. The van der Waals surface area contributed by atoms with Gasteiger partial charge in [0.1, 0.15) is 5.82 Å². The van der Waals surface area contributed by atoms with Crippen molar-refractivity contribution in [1.82, 2.24) is 4.90 Å². The predicted octanol–water partition coefficient (Wildman–Crippen LogP) is 2.06. The highest BCUT2D eigenvalue weighted by Crippen LogP contribution is 2.17. The van der Waals surface area contributed by atoms with Crippen LogP contribution in [0, 0.1) is 12.7 Å². The molecule has 0 saturated carbocycles. The summed E-state index contributed by atoms with van der Waals surface area (Å²) in [6.45, 7) is 4.66. The van der Waals surface area contributed by atoms with Crippen molar-refractivity contribution in [3.63, 3.8) is 0 Å². The zero-order chi connectivity index (χ0) is 11.5. The van der Waals surface area contributed by atoms with Crippen LogP contribution in [-0.2, 0) is 6.54 Å². The molecule has 1 atom stereocenters. The molecule has 2 N–H and O–H groups in total. The van der Waals surface area contributed by atoms with Crippen LogP contribution in [0.15, 0.2) is 18.2 Å². The van der Waals surface area contributed by atoms with Gasteiger partial charge in [0.2, 0.25) is 0 Å². The summed E-state index contributed by atoms with van der Waals surface area (Å²) < 4.78 is 13.4. The molecular formula is C13H19FN2. The summed E-state index contributed by atoms with van der Waals surface area (Å²) in [6.07, 6.45) is 2.26. The fraction of sp³-hybridized carbons (Fsp3) is 0.538. The summed E-state index contributed by atoms with van der Waals surface area (Å²) in [5, 5.41) is 0. The maximum absolute atomic E-state index is 13.4. The van der Waals surface area contributed by atoms with E-state index in [1.807, 2.05) is 13.0 Å². The van der Waals surface area contributed by atoms with Gasteiger partial charge in [0.25, 0.3) is 0 Å². The number of hydrogen-bond donors (Lipinski definition) is 1. The third-order valence-electron chi connectivity index (χ3n) is 3.32. The first-order chi connectivity index (χ1) is 7.66. The molecule has 0 radical (unpaired) electrons. The Morgan fingerprint density at radius 3 is 3.06 bits per heavy atom. The van der Waals surface area contributed by atoms with Crippen molar-refractivity contribution in [2.24, 2.45) is 5.73 Å². The second-order valence-electron chi connectivity index (χ2n) is 4.66. The molecule has 0 aromatic heterocycles. The highest BCUT2D eigenvalue weighted by Gasteiger charge is 2.17. The van der Waals surface area contributed by atoms with Crippen LogP contribution in [-0.4, -0.2) is 24.0 Å². The van der Waals surface area contributed by atoms with Gasteiger partial charge < -0.3 is 5.73 Å². The lowest BCUT2D eigenvalue weighted by Gasteiger charge is -2.31. The number of hydrogen-bond acceptors (Lipinski definition) is 2. The molecule has 1 aromatic carbocycles. The van der Waals surface area contributed by atoms with Gasteiger partial charge in [-0.05, 0) is 43.5 Å². The van der Waals surface area contributed by atoms with Gasteiger partial charge in [-0.2, -0.15) is 0 Å². The molecule has 0 aliphatic carbocycles. The number of piperidine rings is 1. The van der Waals surface area contributed by atoms with Crippen molar-refractivity contribution >= 4 is 0 Å². The summed E-state index contributed by atoms with van der Waals surface area (Å²) in [5.74, 6) is -0.112. The molecule has 1 aliphatic heterocycles. The van der Waals surface area contributed by atoms with Gasteiger partial charge in [-0.3, -0.25) is 4.90 Å². The molecule has 1 aromatic rings. The summed E-state index contributed by atoms with van der Waals surface area (Å²) in [4.78, 5) is 2.32. The number of nitrogens with two attached hydrogens (primary N) is 1. The smallest absolute Gasteiger partial charge is 0.126 e. The van der Waals surface area contributed by atoms with E-state index in [0.717, 1.165) is 43.6 Å². The molecule has 0 amide bonds. The average molecular weight is 222 g/mol. The van der Waals surface area contributed by atoms with E-state index in [1.165, 1.54) is 6.07 Å². The summed E-state index contributed by atoms with van der Waals surface area (Å²) >= 11 is 0. The third-order valence-corrected chi connectivity index (χ3v) is 3.32. The monoisotopic (exact) mass is 222 g/mol. The second kappa shape index (κ2) is 4.93. The molecule has 3 heteroatoms. The normalized spacial score (nSPS) is 22.3. The fourth-order valence-corrected chi connectivity index (χ4v) is 2.30. The van der Waals surface area contributed by atoms with Crippen molar-refractivity contribution in [2.45, 2.75) is 32.4 Å². The fourth-order valence-electron chi connectivity index (χ4n) is 2.30. The Balaban J connectivity index is 2.05. The SMILES string of the molecule is Cc1c(F)cccc1CN1CCCC(N)C1. The Kier molecular flexibility index (Phi) is 3.56. The van der Waals surface area contributed by atoms with Crippen molar-refractivity contribution in [1.29, 1.82) is 0 Å². The van der Waals surface area contributed by atoms with Crippen molar-refractivity contribution in [3.05, 3.63) is 35.1 Å². The molecule has 0 spiro atoms. The van der Waals surface area contributed by atoms with Gasteiger partial charge in [-0.15, -0.1) is 0 Å². The maximum atomic E-state index is 13.4. The number of benzene rings is 1. The van der Waals surface area contributed by atoms with Gasteiger partial charge in [-0.1, -0.05) is 12.1 Å². The molecule has 1 heterocycles. The van der Waals surface area contributed by atoms with Crippen molar-refractivity contribution in [3.8, 4) is 0 Å². The predicted molar refractivity (Wildman–Crippen MR) is 63.6 cm³/mol. The summed E-state index contributed by atoms with van der Waals surface area (Å²) in [5.41, 5.74) is 7.77. The number of halogens is 1. The number of likely N-dealkylation sites (tertiary alicyclic amines) is 1. The van der Waals surface area contributed by atoms with Crippen LogP contribution in [0.4, 0.5) is 4.39 Å². The maximum Gasteiger partial charge on any atom is 0.126 e. The molecule has 2 nitrogen and oxygen atoms in total. The lowest BCUT2D eigenvalue weighted by Crippen LogP contribution is -2.42. The largest absolute Gasteiger partial charge is 0.327 e. The molecule has 1 saturated heterocycles. The first-order valence-electron chi connectivity index (χ1n) is 5.89. The van der Waals surface area contributed by atoms with E-state index in [4.69, 9.17) is 5.73 Å². The van der Waals surface area contributed by atoms with E-state index in [9.17, 15) is 4.39 Å². The van der Waals surface area contributed by atoms with E-state index < -0.39 is 0 Å². The Morgan fingerprint density at radius 2 is 2.31 bits per heavy atom.